The van der Waals surface area contributed by atoms with Crippen LogP contribution in [0.15, 0.2) is 23.1 Å². The number of amidine groups is 1. The molecule has 1 aromatic rings. The number of nitrogen functional groups attached to an aromatic ring is 1. The van der Waals surface area contributed by atoms with Gasteiger partial charge in [0.25, 0.3) is 0 Å². The predicted molar refractivity (Wildman–Crippen MR) is 60.0 cm³/mol. The van der Waals surface area contributed by atoms with E-state index in [1.807, 2.05) is 25.1 Å². The summed E-state index contributed by atoms with van der Waals surface area (Å²) < 4.78 is 0. The van der Waals surface area contributed by atoms with Crippen LogP contribution in [0.25, 0.3) is 0 Å². The molecule has 0 heterocycles. The maximum Gasteiger partial charge on any atom is 0.122 e. The Labute approximate surface area is 87.8 Å². The van der Waals surface area contributed by atoms with Crippen molar-refractivity contribution in [2.45, 2.75) is 11.8 Å². The van der Waals surface area contributed by atoms with E-state index in [-0.39, 0.29) is 12.4 Å². The Morgan fingerprint density at radius 3 is 2.79 bits per heavy atom. The molecule has 4 N–H and O–H groups in total. The molecular weight excluding hydrogens is 196 g/mol. The van der Waals surface area contributed by atoms with E-state index < -0.39 is 0 Å². The summed E-state index contributed by atoms with van der Waals surface area (Å²) in [6.45, 7) is 2.16. The molecule has 0 aliphatic heterocycles. The number of rotatable bonds is 4. The minimum atomic E-state index is 0.0896. The van der Waals surface area contributed by atoms with Gasteiger partial charge in [-0.2, -0.15) is 0 Å². The van der Waals surface area contributed by atoms with Crippen LogP contribution in [0.1, 0.15) is 11.1 Å². The summed E-state index contributed by atoms with van der Waals surface area (Å²) >= 11 is 1.61. The first kappa shape index (κ1) is 11.1. The lowest BCUT2D eigenvalue weighted by molar-refractivity contribution is 0.322. The predicted octanol–water partition coefficient (Wildman–Crippen LogP) is 1.36. The average molecular weight is 210 g/mol. The lowest BCUT2D eigenvalue weighted by atomic mass is 10.1. The SMILES string of the molecule is Cc1cc(C(=N)N)ccc1SCCO. The summed E-state index contributed by atoms with van der Waals surface area (Å²) in [4.78, 5) is 1.13. The number of benzene rings is 1. The molecule has 0 amide bonds. The zero-order valence-electron chi connectivity index (χ0n) is 8.08. The van der Waals surface area contributed by atoms with Gasteiger partial charge in [0.1, 0.15) is 5.84 Å². The van der Waals surface area contributed by atoms with E-state index in [1.165, 1.54) is 0 Å². The molecule has 0 unspecified atom stereocenters. The van der Waals surface area contributed by atoms with Crippen LogP contribution in [-0.4, -0.2) is 23.3 Å². The van der Waals surface area contributed by atoms with Crippen LogP contribution in [0, 0.1) is 12.3 Å². The summed E-state index contributed by atoms with van der Waals surface area (Å²) in [6, 6.07) is 5.66. The zero-order chi connectivity index (χ0) is 10.6. The molecule has 0 aliphatic rings. The summed E-state index contributed by atoms with van der Waals surface area (Å²) in [7, 11) is 0. The number of nitrogens with two attached hydrogens (primary N) is 1. The molecular formula is C10H14N2OS. The van der Waals surface area contributed by atoms with Gasteiger partial charge in [-0.3, -0.25) is 5.41 Å². The summed E-state index contributed by atoms with van der Waals surface area (Å²) in [6.07, 6.45) is 0. The van der Waals surface area contributed by atoms with Gasteiger partial charge in [0.2, 0.25) is 0 Å². The number of hydrogen-bond acceptors (Lipinski definition) is 3. The van der Waals surface area contributed by atoms with E-state index in [9.17, 15) is 0 Å². The number of hydrogen-bond donors (Lipinski definition) is 3. The van der Waals surface area contributed by atoms with Crippen LogP contribution in [0.5, 0.6) is 0 Å². The molecule has 0 aliphatic carbocycles. The number of thioether (sulfide) groups is 1. The highest BCUT2D eigenvalue weighted by Crippen LogP contribution is 2.22. The smallest absolute Gasteiger partial charge is 0.122 e. The maximum atomic E-state index is 8.69. The normalized spacial score (nSPS) is 10.1. The van der Waals surface area contributed by atoms with Crippen LogP contribution in [-0.2, 0) is 0 Å². The fraction of sp³-hybridized carbons (Fsp3) is 0.300. The molecule has 4 heteroatoms. The first-order valence-corrected chi connectivity index (χ1v) is 5.32. The molecule has 0 aromatic heterocycles. The minimum Gasteiger partial charge on any atom is -0.396 e. The van der Waals surface area contributed by atoms with Crippen molar-refractivity contribution < 1.29 is 5.11 Å². The van der Waals surface area contributed by atoms with Gasteiger partial charge in [0.15, 0.2) is 0 Å². The third kappa shape index (κ3) is 2.75. The minimum absolute atomic E-state index is 0.0896. The van der Waals surface area contributed by atoms with Gasteiger partial charge >= 0.3 is 0 Å². The number of aliphatic hydroxyl groups is 1. The molecule has 1 rings (SSSR count). The van der Waals surface area contributed by atoms with Crippen LogP contribution >= 0.6 is 11.8 Å². The van der Waals surface area contributed by atoms with Gasteiger partial charge in [0, 0.05) is 16.2 Å². The number of aryl methyl sites for hydroxylation is 1. The fourth-order valence-corrected chi connectivity index (χ4v) is 1.90. The molecule has 0 bridgehead atoms. The topological polar surface area (TPSA) is 70.1 Å². The second kappa shape index (κ2) is 5.02. The lowest BCUT2D eigenvalue weighted by Crippen LogP contribution is -2.11. The standard InChI is InChI=1S/C10H14N2OS/c1-7-6-8(10(11)12)2-3-9(7)14-5-4-13/h2-3,6,13H,4-5H2,1H3,(H3,11,12). The quantitative estimate of drug-likeness (QED) is 0.399. The van der Waals surface area contributed by atoms with Gasteiger partial charge < -0.3 is 10.8 Å². The fourth-order valence-electron chi connectivity index (χ4n) is 1.13. The van der Waals surface area contributed by atoms with Crippen molar-refractivity contribution in [3.63, 3.8) is 0 Å². The molecule has 0 atom stereocenters. The monoisotopic (exact) mass is 210 g/mol. The van der Waals surface area contributed by atoms with E-state index in [2.05, 4.69) is 0 Å². The molecule has 0 radical (unpaired) electrons. The highest BCUT2D eigenvalue weighted by atomic mass is 32.2. The van der Waals surface area contributed by atoms with Crippen molar-refractivity contribution in [1.82, 2.24) is 0 Å². The zero-order valence-corrected chi connectivity index (χ0v) is 8.90. The second-order valence-electron chi connectivity index (χ2n) is 2.97. The second-order valence-corrected chi connectivity index (χ2v) is 4.10. The van der Waals surface area contributed by atoms with Gasteiger partial charge in [-0.25, -0.2) is 0 Å². The van der Waals surface area contributed by atoms with E-state index in [4.69, 9.17) is 16.2 Å². The number of aliphatic hydroxyl groups excluding tert-OH is 1. The van der Waals surface area contributed by atoms with E-state index in [1.54, 1.807) is 11.8 Å². The van der Waals surface area contributed by atoms with Crippen LogP contribution in [0.4, 0.5) is 0 Å². The van der Waals surface area contributed by atoms with Crippen LogP contribution in [0.2, 0.25) is 0 Å². The van der Waals surface area contributed by atoms with Gasteiger partial charge in [-0.1, -0.05) is 6.07 Å². The highest BCUT2D eigenvalue weighted by Gasteiger charge is 2.02. The molecule has 0 saturated carbocycles. The molecule has 0 spiro atoms. The number of nitrogens with one attached hydrogen (secondary N) is 1. The highest BCUT2D eigenvalue weighted by molar-refractivity contribution is 7.99. The summed E-state index contributed by atoms with van der Waals surface area (Å²) in [5.74, 6) is 0.784. The van der Waals surface area contributed by atoms with Crippen molar-refractivity contribution in [3.8, 4) is 0 Å². The third-order valence-electron chi connectivity index (χ3n) is 1.83. The van der Waals surface area contributed by atoms with Crippen LogP contribution in [0.3, 0.4) is 0 Å². The Bertz CT molecular complexity index is 339. The van der Waals surface area contributed by atoms with E-state index >= 15 is 0 Å². The molecule has 3 nitrogen and oxygen atoms in total. The Kier molecular flexibility index (Phi) is 3.98. The summed E-state index contributed by atoms with van der Waals surface area (Å²) in [5.41, 5.74) is 7.21. The Balaban J connectivity index is 2.84. The first-order valence-electron chi connectivity index (χ1n) is 4.34. The van der Waals surface area contributed by atoms with Crippen molar-refractivity contribution in [1.29, 1.82) is 5.41 Å². The van der Waals surface area contributed by atoms with Crippen molar-refractivity contribution in [3.05, 3.63) is 29.3 Å². The summed E-state index contributed by atoms with van der Waals surface area (Å²) in [5, 5.41) is 16.0. The van der Waals surface area contributed by atoms with E-state index in [0.29, 0.717) is 5.75 Å². The Hall–Kier alpha value is -1.000. The molecule has 0 saturated heterocycles. The third-order valence-corrected chi connectivity index (χ3v) is 2.99. The van der Waals surface area contributed by atoms with Crippen molar-refractivity contribution in [2.24, 2.45) is 5.73 Å². The Morgan fingerprint density at radius 2 is 2.29 bits per heavy atom. The Morgan fingerprint density at radius 1 is 1.57 bits per heavy atom. The van der Waals surface area contributed by atoms with Crippen LogP contribution < -0.4 is 5.73 Å². The molecule has 76 valence electrons. The molecule has 1 aromatic carbocycles. The maximum absolute atomic E-state index is 8.69. The lowest BCUT2D eigenvalue weighted by Gasteiger charge is -2.06. The van der Waals surface area contributed by atoms with Crippen molar-refractivity contribution in [2.75, 3.05) is 12.4 Å². The molecule has 0 fully saturated rings. The van der Waals surface area contributed by atoms with Crippen molar-refractivity contribution >= 4 is 17.6 Å². The molecule has 14 heavy (non-hydrogen) atoms. The van der Waals surface area contributed by atoms with Gasteiger partial charge in [-0.15, -0.1) is 11.8 Å². The van der Waals surface area contributed by atoms with Gasteiger partial charge in [0.05, 0.1) is 6.61 Å². The van der Waals surface area contributed by atoms with E-state index in [0.717, 1.165) is 16.0 Å². The van der Waals surface area contributed by atoms with Gasteiger partial charge in [-0.05, 0) is 24.6 Å². The first-order chi connectivity index (χ1) is 6.65. The largest absolute Gasteiger partial charge is 0.396 e. The average Bonchev–Trinajstić information content (AvgIpc) is 2.15.